The fraction of sp³-hybridized carbons (Fsp3) is 0.636. The van der Waals surface area contributed by atoms with E-state index < -0.39 is 0 Å². The van der Waals surface area contributed by atoms with E-state index in [4.69, 9.17) is 5.84 Å². The molecule has 1 atom stereocenters. The van der Waals surface area contributed by atoms with Crippen LogP contribution < -0.4 is 11.3 Å². The maximum atomic E-state index is 5.66. The third kappa shape index (κ3) is 3.03. The summed E-state index contributed by atoms with van der Waals surface area (Å²) < 4.78 is 1.21. The SMILES string of the molecule is CCC(CC)C(NN)c1cc(C)c(Br)s1. The molecule has 0 saturated carbocycles. The Morgan fingerprint density at radius 2 is 2.07 bits per heavy atom. The second-order valence-corrected chi connectivity index (χ2v) is 6.23. The van der Waals surface area contributed by atoms with Crippen LogP contribution in [0.3, 0.4) is 0 Å². The average molecular weight is 291 g/mol. The van der Waals surface area contributed by atoms with E-state index in [0.717, 1.165) is 12.8 Å². The van der Waals surface area contributed by atoms with E-state index in [9.17, 15) is 0 Å². The fourth-order valence-corrected chi connectivity index (χ4v) is 3.57. The molecular weight excluding hydrogens is 272 g/mol. The molecule has 0 aliphatic rings. The molecule has 86 valence electrons. The lowest BCUT2D eigenvalue weighted by molar-refractivity contribution is 0.350. The minimum Gasteiger partial charge on any atom is -0.271 e. The molecule has 0 aromatic carbocycles. The van der Waals surface area contributed by atoms with Crippen LogP contribution in [0.4, 0.5) is 0 Å². The van der Waals surface area contributed by atoms with Crippen LogP contribution in [0.25, 0.3) is 0 Å². The highest BCUT2D eigenvalue weighted by Gasteiger charge is 2.21. The Bertz CT molecular complexity index is 288. The van der Waals surface area contributed by atoms with Crippen molar-refractivity contribution >= 4 is 27.3 Å². The molecule has 0 aliphatic heterocycles. The lowest BCUT2D eigenvalue weighted by atomic mass is 9.93. The third-order valence-electron chi connectivity index (χ3n) is 2.88. The summed E-state index contributed by atoms with van der Waals surface area (Å²) >= 11 is 5.34. The Labute approximate surface area is 104 Å². The van der Waals surface area contributed by atoms with Gasteiger partial charge in [-0.2, -0.15) is 0 Å². The van der Waals surface area contributed by atoms with E-state index in [2.05, 4.69) is 48.2 Å². The van der Waals surface area contributed by atoms with Gasteiger partial charge in [0.05, 0.1) is 9.83 Å². The van der Waals surface area contributed by atoms with Crippen LogP contribution in [0.1, 0.15) is 43.2 Å². The number of halogens is 1. The van der Waals surface area contributed by atoms with E-state index in [1.165, 1.54) is 14.2 Å². The molecule has 0 amide bonds. The van der Waals surface area contributed by atoms with E-state index in [0.29, 0.717) is 5.92 Å². The van der Waals surface area contributed by atoms with E-state index in [1.54, 1.807) is 11.3 Å². The van der Waals surface area contributed by atoms with Gasteiger partial charge in [0.15, 0.2) is 0 Å². The molecule has 1 aromatic heterocycles. The van der Waals surface area contributed by atoms with Crippen LogP contribution in [-0.4, -0.2) is 0 Å². The molecule has 15 heavy (non-hydrogen) atoms. The molecule has 1 aromatic rings. The summed E-state index contributed by atoms with van der Waals surface area (Å²) in [6.07, 6.45) is 2.31. The predicted molar refractivity (Wildman–Crippen MR) is 70.9 cm³/mol. The number of nitrogens with one attached hydrogen (secondary N) is 1. The van der Waals surface area contributed by atoms with Gasteiger partial charge in [0, 0.05) is 4.88 Å². The third-order valence-corrected chi connectivity index (χ3v) is 5.10. The van der Waals surface area contributed by atoms with E-state index >= 15 is 0 Å². The zero-order valence-electron chi connectivity index (χ0n) is 9.51. The second-order valence-electron chi connectivity index (χ2n) is 3.83. The minimum absolute atomic E-state index is 0.287. The fourth-order valence-electron chi connectivity index (χ4n) is 1.85. The van der Waals surface area contributed by atoms with Crippen molar-refractivity contribution in [3.05, 3.63) is 20.3 Å². The Morgan fingerprint density at radius 1 is 1.47 bits per heavy atom. The van der Waals surface area contributed by atoms with Crippen molar-refractivity contribution in [1.29, 1.82) is 0 Å². The predicted octanol–water partition coefficient (Wildman–Crippen LogP) is 3.76. The lowest BCUT2D eigenvalue weighted by Crippen LogP contribution is -2.32. The van der Waals surface area contributed by atoms with Crippen LogP contribution in [0, 0.1) is 12.8 Å². The van der Waals surface area contributed by atoms with Crippen molar-refractivity contribution in [1.82, 2.24) is 5.43 Å². The van der Waals surface area contributed by atoms with Crippen LogP contribution >= 0.6 is 27.3 Å². The highest BCUT2D eigenvalue weighted by atomic mass is 79.9. The number of thiophene rings is 1. The van der Waals surface area contributed by atoms with Gasteiger partial charge in [0.25, 0.3) is 0 Å². The Balaban J connectivity index is 2.91. The first-order valence-corrected chi connectivity index (χ1v) is 6.96. The Hall–Kier alpha value is 0.1000. The minimum atomic E-state index is 0.287. The first-order chi connectivity index (χ1) is 7.13. The second kappa shape index (κ2) is 5.99. The summed E-state index contributed by atoms with van der Waals surface area (Å²) in [5.41, 5.74) is 4.24. The maximum absolute atomic E-state index is 5.66. The number of aryl methyl sites for hydroxylation is 1. The van der Waals surface area contributed by atoms with Crippen molar-refractivity contribution in [2.24, 2.45) is 11.8 Å². The molecule has 2 nitrogen and oxygen atoms in total. The molecule has 0 bridgehead atoms. The highest BCUT2D eigenvalue weighted by Crippen LogP contribution is 2.35. The molecule has 0 radical (unpaired) electrons. The van der Waals surface area contributed by atoms with Crippen molar-refractivity contribution in [2.75, 3.05) is 0 Å². The first kappa shape index (κ1) is 13.2. The van der Waals surface area contributed by atoms with Crippen LogP contribution in [0.2, 0.25) is 0 Å². The summed E-state index contributed by atoms with van der Waals surface area (Å²) in [5, 5.41) is 0. The van der Waals surface area contributed by atoms with Crippen LogP contribution in [0.15, 0.2) is 9.85 Å². The van der Waals surface area contributed by atoms with Crippen molar-refractivity contribution in [2.45, 2.75) is 39.7 Å². The maximum Gasteiger partial charge on any atom is 0.0731 e. The van der Waals surface area contributed by atoms with E-state index in [1.807, 2.05) is 0 Å². The summed E-state index contributed by atoms with van der Waals surface area (Å²) in [4.78, 5) is 1.33. The number of rotatable bonds is 5. The zero-order chi connectivity index (χ0) is 11.4. The van der Waals surface area contributed by atoms with Crippen LogP contribution in [-0.2, 0) is 0 Å². The first-order valence-electron chi connectivity index (χ1n) is 5.35. The molecular formula is C11H19BrN2S. The molecule has 1 heterocycles. The Morgan fingerprint density at radius 3 is 2.40 bits per heavy atom. The van der Waals surface area contributed by atoms with E-state index in [-0.39, 0.29) is 6.04 Å². The topological polar surface area (TPSA) is 38.0 Å². The molecule has 1 unspecified atom stereocenters. The summed E-state index contributed by atoms with van der Waals surface area (Å²) in [5.74, 6) is 6.27. The van der Waals surface area contributed by atoms with Gasteiger partial charge in [-0.25, -0.2) is 0 Å². The summed E-state index contributed by atoms with van der Waals surface area (Å²) in [6, 6.07) is 2.51. The van der Waals surface area contributed by atoms with Gasteiger partial charge in [-0.1, -0.05) is 26.7 Å². The monoisotopic (exact) mass is 290 g/mol. The van der Waals surface area contributed by atoms with Gasteiger partial charge in [-0.15, -0.1) is 11.3 Å². The number of nitrogens with two attached hydrogens (primary N) is 1. The molecule has 0 spiro atoms. The molecule has 0 saturated heterocycles. The molecule has 0 aliphatic carbocycles. The molecule has 4 heteroatoms. The average Bonchev–Trinajstić information content (AvgIpc) is 2.55. The van der Waals surface area contributed by atoms with Crippen molar-refractivity contribution < 1.29 is 0 Å². The lowest BCUT2D eigenvalue weighted by Gasteiger charge is -2.23. The van der Waals surface area contributed by atoms with Gasteiger partial charge >= 0.3 is 0 Å². The molecule has 3 N–H and O–H groups in total. The Kier molecular flexibility index (Phi) is 5.26. The quantitative estimate of drug-likeness (QED) is 0.640. The number of hydrazine groups is 1. The summed E-state index contributed by atoms with van der Waals surface area (Å²) in [6.45, 7) is 6.55. The van der Waals surface area contributed by atoms with Crippen LogP contribution in [0.5, 0.6) is 0 Å². The van der Waals surface area contributed by atoms with Gasteiger partial charge in [-0.05, 0) is 40.4 Å². The smallest absolute Gasteiger partial charge is 0.0731 e. The van der Waals surface area contributed by atoms with Crippen molar-refractivity contribution in [3.63, 3.8) is 0 Å². The summed E-state index contributed by atoms with van der Waals surface area (Å²) in [7, 11) is 0. The zero-order valence-corrected chi connectivity index (χ0v) is 11.9. The number of hydrogen-bond donors (Lipinski definition) is 2. The van der Waals surface area contributed by atoms with Gasteiger partial charge in [0.2, 0.25) is 0 Å². The molecule has 0 fully saturated rings. The van der Waals surface area contributed by atoms with Gasteiger partial charge in [0.1, 0.15) is 0 Å². The van der Waals surface area contributed by atoms with Gasteiger partial charge in [-0.3, -0.25) is 11.3 Å². The van der Waals surface area contributed by atoms with Crippen molar-refractivity contribution in [3.8, 4) is 0 Å². The molecule has 1 rings (SSSR count). The number of hydrogen-bond acceptors (Lipinski definition) is 3. The normalized spacial score (nSPS) is 13.5. The largest absolute Gasteiger partial charge is 0.271 e. The standard InChI is InChI=1S/C11H19BrN2S/c1-4-8(5-2)10(14-13)9-6-7(3)11(12)15-9/h6,8,10,14H,4-5,13H2,1-3H3. The highest BCUT2D eigenvalue weighted by molar-refractivity contribution is 9.11. The van der Waals surface area contributed by atoms with Gasteiger partial charge < -0.3 is 0 Å².